The summed E-state index contributed by atoms with van der Waals surface area (Å²) >= 11 is 0. The summed E-state index contributed by atoms with van der Waals surface area (Å²) in [5, 5.41) is 0. The predicted molar refractivity (Wildman–Crippen MR) is 101 cm³/mol. The largest absolute Gasteiger partial charge is 0.459 e. The van der Waals surface area contributed by atoms with Crippen LogP contribution in [-0.4, -0.2) is 24.1 Å². The topological polar surface area (TPSA) is 52.6 Å². The Kier molecular flexibility index (Phi) is 6.96. The number of rotatable bonds is 7. The van der Waals surface area contributed by atoms with Crippen molar-refractivity contribution in [1.29, 1.82) is 0 Å². The molecule has 0 spiro atoms. The highest BCUT2D eigenvalue weighted by molar-refractivity contribution is 5.90. The van der Waals surface area contributed by atoms with Gasteiger partial charge in [-0.25, -0.2) is 9.59 Å². The molecule has 0 saturated heterocycles. The van der Waals surface area contributed by atoms with Gasteiger partial charge in [-0.2, -0.15) is 0 Å². The average Bonchev–Trinajstić information content (AvgIpc) is 2.62. The van der Waals surface area contributed by atoms with Crippen molar-refractivity contribution in [2.45, 2.75) is 39.9 Å². The van der Waals surface area contributed by atoms with Gasteiger partial charge in [0.05, 0.1) is 11.1 Å². The van der Waals surface area contributed by atoms with Crippen molar-refractivity contribution in [2.24, 2.45) is 11.8 Å². The predicted octanol–water partition coefficient (Wildman–Crippen LogP) is 4.75. The molecule has 4 heteroatoms. The van der Waals surface area contributed by atoms with Crippen LogP contribution in [0.2, 0.25) is 0 Å². The molecule has 0 heterocycles. The van der Waals surface area contributed by atoms with Crippen molar-refractivity contribution in [3.63, 3.8) is 0 Å². The van der Waals surface area contributed by atoms with Gasteiger partial charge >= 0.3 is 11.9 Å². The first kappa shape index (κ1) is 19.7. The van der Waals surface area contributed by atoms with E-state index in [1.54, 1.807) is 48.5 Å². The highest BCUT2D eigenvalue weighted by Crippen LogP contribution is 2.25. The number of hydrogen-bond acceptors (Lipinski definition) is 4. The lowest BCUT2D eigenvalue weighted by atomic mass is 9.86. The summed E-state index contributed by atoms with van der Waals surface area (Å²) in [5.74, 6) is -0.682. The van der Waals surface area contributed by atoms with Crippen LogP contribution in [0.15, 0.2) is 60.7 Å². The van der Waals surface area contributed by atoms with Crippen LogP contribution in [0.1, 0.15) is 48.4 Å². The van der Waals surface area contributed by atoms with E-state index in [0.29, 0.717) is 11.1 Å². The van der Waals surface area contributed by atoms with Crippen molar-refractivity contribution in [3.05, 3.63) is 71.8 Å². The summed E-state index contributed by atoms with van der Waals surface area (Å²) in [6.45, 7) is 7.76. The Bertz CT molecular complexity index is 650. The van der Waals surface area contributed by atoms with Crippen molar-refractivity contribution in [1.82, 2.24) is 0 Å². The summed E-state index contributed by atoms with van der Waals surface area (Å²) in [4.78, 5) is 24.6. The fourth-order valence-corrected chi connectivity index (χ4v) is 3.25. The monoisotopic (exact) mass is 354 g/mol. The number of benzene rings is 2. The molecule has 0 bridgehead atoms. The third kappa shape index (κ3) is 5.19. The van der Waals surface area contributed by atoms with E-state index in [2.05, 4.69) is 0 Å². The second-order valence-corrected chi connectivity index (χ2v) is 6.77. The van der Waals surface area contributed by atoms with E-state index in [4.69, 9.17) is 9.47 Å². The van der Waals surface area contributed by atoms with E-state index in [1.807, 2.05) is 39.8 Å². The van der Waals surface area contributed by atoms with Gasteiger partial charge in [0, 0.05) is 5.92 Å². The molecule has 0 aliphatic rings. The first-order chi connectivity index (χ1) is 12.4. The van der Waals surface area contributed by atoms with Crippen molar-refractivity contribution >= 4 is 11.9 Å². The van der Waals surface area contributed by atoms with Crippen LogP contribution >= 0.6 is 0 Å². The molecule has 0 aromatic heterocycles. The molecular formula is C22H26O4. The maximum atomic E-state index is 12.3. The Labute approximate surface area is 155 Å². The van der Waals surface area contributed by atoms with E-state index in [1.165, 1.54) is 0 Å². The highest BCUT2D eigenvalue weighted by Gasteiger charge is 2.32. The molecular weight excluding hydrogens is 328 g/mol. The molecule has 0 saturated carbocycles. The summed E-state index contributed by atoms with van der Waals surface area (Å²) in [6.07, 6.45) is -0.775. The van der Waals surface area contributed by atoms with Gasteiger partial charge in [0.1, 0.15) is 12.2 Å². The lowest BCUT2D eigenvalue weighted by Gasteiger charge is -2.32. The second-order valence-electron chi connectivity index (χ2n) is 6.77. The first-order valence-electron chi connectivity index (χ1n) is 8.92. The van der Waals surface area contributed by atoms with Gasteiger partial charge in [-0.1, -0.05) is 50.2 Å². The minimum Gasteiger partial charge on any atom is -0.459 e. The lowest BCUT2D eigenvalue weighted by Crippen LogP contribution is -2.38. The highest BCUT2D eigenvalue weighted by atomic mass is 16.6. The van der Waals surface area contributed by atoms with Gasteiger partial charge in [0.2, 0.25) is 0 Å². The van der Waals surface area contributed by atoms with Gasteiger partial charge < -0.3 is 9.47 Å². The van der Waals surface area contributed by atoms with Crippen molar-refractivity contribution in [2.75, 3.05) is 0 Å². The molecule has 0 fully saturated rings. The summed E-state index contributed by atoms with van der Waals surface area (Å²) in [6, 6.07) is 17.8. The fraction of sp³-hybridized carbons (Fsp3) is 0.364. The van der Waals surface area contributed by atoms with Crippen LogP contribution in [0.25, 0.3) is 0 Å². The Morgan fingerprint density at radius 2 is 1.00 bits per heavy atom. The summed E-state index contributed by atoms with van der Waals surface area (Å²) in [7, 11) is 0. The Balaban J connectivity index is 2.04. The lowest BCUT2D eigenvalue weighted by molar-refractivity contribution is -0.0351. The molecule has 0 N–H and O–H groups in total. The minimum atomic E-state index is -0.388. The maximum absolute atomic E-state index is 12.3. The first-order valence-corrected chi connectivity index (χ1v) is 8.92. The van der Waals surface area contributed by atoms with Gasteiger partial charge in [-0.3, -0.25) is 0 Å². The molecule has 2 aromatic carbocycles. The molecule has 0 aliphatic heterocycles. The van der Waals surface area contributed by atoms with Crippen LogP contribution in [-0.2, 0) is 9.47 Å². The van der Waals surface area contributed by atoms with Gasteiger partial charge in [0.15, 0.2) is 0 Å². The summed E-state index contributed by atoms with van der Waals surface area (Å²) < 4.78 is 11.3. The zero-order chi connectivity index (χ0) is 19.1. The molecule has 0 amide bonds. The average molecular weight is 354 g/mol. The van der Waals surface area contributed by atoms with E-state index in [0.717, 1.165) is 0 Å². The normalized spacial score (nSPS) is 14.3. The number of ether oxygens (including phenoxy) is 2. The second kappa shape index (κ2) is 9.18. The van der Waals surface area contributed by atoms with Gasteiger partial charge in [0.25, 0.3) is 0 Å². The zero-order valence-electron chi connectivity index (χ0n) is 15.7. The number of esters is 2. The third-order valence-corrected chi connectivity index (χ3v) is 4.46. The van der Waals surface area contributed by atoms with Crippen LogP contribution in [0.4, 0.5) is 0 Å². The molecule has 0 radical (unpaired) electrons. The van der Waals surface area contributed by atoms with Crippen LogP contribution in [0.5, 0.6) is 0 Å². The van der Waals surface area contributed by atoms with Crippen molar-refractivity contribution < 1.29 is 19.1 Å². The van der Waals surface area contributed by atoms with E-state index in [-0.39, 0.29) is 36.0 Å². The van der Waals surface area contributed by atoms with Crippen molar-refractivity contribution in [3.8, 4) is 0 Å². The third-order valence-electron chi connectivity index (χ3n) is 4.46. The molecule has 2 rings (SSSR count). The number of carbonyl (C=O) groups excluding carboxylic acids is 2. The number of carbonyl (C=O) groups is 2. The fourth-order valence-electron chi connectivity index (χ4n) is 3.25. The van der Waals surface area contributed by atoms with Crippen LogP contribution in [0.3, 0.4) is 0 Å². The van der Waals surface area contributed by atoms with Crippen LogP contribution in [0, 0.1) is 11.8 Å². The molecule has 138 valence electrons. The SMILES string of the molecule is CC(C)C(C(C)OC(=O)c1ccccc1)C(C)OC(=O)c1ccccc1. The smallest absolute Gasteiger partial charge is 0.338 e. The van der Waals surface area contributed by atoms with E-state index < -0.39 is 0 Å². The molecule has 2 aromatic rings. The minimum absolute atomic E-state index is 0.115. The Morgan fingerprint density at radius 3 is 1.31 bits per heavy atom. The molecule has 2 atom stereocenters. The van der Waals surface area contributed by atoms with Gasteiger partial charge in [-0.15, -0.1) is 0 Å². The quantitative estimate of drug-likeness (QED) is 0.673. The van der Waals surface area contributed by atoms with Gasteiger partial charge in [-0.05, 0) is 44.0 Å². The van der Waals surface area contributed by atoms with E-state index in [9.17, 15) is 9.59 Å². The Hall–Kier alpha value is -2.62. The molecule has 4 nitrogen and oxygen atoms in total. The molecule has 2 unspecified atom stereocenters. The number of hydrogen-bond donors (Lipinski definition) is 0. The summed E-state index contributed by atoms with van der Waals surface area (Å²) in [5.41, 5.74) is 1.02. The molecule has 0 aliphatic carbocycles. The van der Waals surface area contributed by atoms with E-state index >= 15 is 0 Å². The standard InChI is InChI=1S/C22H26O4/c1-15(2)20(16(3)25-21(23)18-11-7-5-8-12-18)17(4)26-22(24)19-13-9-6-10-14-19/h5-17,20H,1-4H3. The molecule has 26 heavy (non-hydrogen) atoms. The maximum Gasteiger partial charge on any atom is 0.338 e. The van der Waals surface area contributed by atoms with Crippen LogP contribution < -0.4 is 0 Å². The zero-order valence-corrected chi connectivity index (χ0v) is 15.7. The Morgan fingerprint density at radius 1 is 0.654 bits per heavy atom.